The molecule has 7 rings (SSSR count). The SMILES string of the molecule is Nc1c2c(-c3ccc4c(c3)OCO4)nc(N3CCN(CCN4CCOCC4)CC3)nc2nn1-c1ccc(Cl)cc1. The van der Waals surface area contributed by atoms with E-state index in [4.69, 9.17) is 46.6 Å². The molecule has 2 fully saturated rings. The number of fused-ring (bicyclic) bond motifs is 2. The first kappa shape index (κ1) is 25.3. The van der Waals surface area contributed by atoms with Crippen LogP contribution in [0.1, 0.15) is 0 Å². The fourth-order valence-electron chi connectivity index (χ4n) is 5.45. The zero-order valence-corrected chi connectivity index (χ0v) is 22.9. The standard InChI is InChI=1S/C28H31ClN8O3/c29-20-2-4-21(5-3-20)37-26(30)24-25(19-1-6-22-23(17-19)40-18-39-22)31-28(32-27(24)33-37)36-11-9-34(10-12-36)7-8-35-13-15-38-16-14-35/h1-6,17H,7-16,18,30H2. The third-order valence-electron chi connectivity index (χ3n) is 7.77. The quantitative estimate of drug-likeness (QED) is 0.377. The van der Waals surface area contributed by atoms with Crippen LogP contribution in [0.3, 0.4) is 0 Å². The normalized spacial score (nSPS) is 18.1. The Morgan fingerprint density at radius 3 is 2.33 bits per heavy atom. The number of nitrogen functional groups attached to an aromatic ring is 1. The van der Waals surface area contributed by atoms with Gasteiger partial charge in [0.2, 0.25) is 12.7 Å². The molecule has 0 radical (unpaired) electrons. The molecule has 0 bridgehead atoms. The molecule has 5 heterocycles. The van der Waals surface area contributed by atoms with Crippen molar-refractivity contribution >= 4 is 34.4 Å². The number of nitrogens with zero attached hydrogens (tertiary/aromatic N) is 7. The van der Waals surface area contributed by atoms with Crippen LogP contribution in [0.5, 0.6) is 11.5 Å². The highest BCUT2D eigenvalue weighted by atomic mass is 35.5. The molecule has 2 saturated heterocycles. The van der Waals surface area contributed by atoms with Crippen molar-refractivity contribution in [1.82, 2.24) is 29.5 Å². The third-order valence-corrected chi connectivity index (χ3v) is 8.02. The molecule has 2 aromatic carbocycles. The van der Waals surface area contributed by atoms with Crippen molar-refractivity contribution in [2.45, 2.75) is 0 Å². The summed E-state index contributed by atoms with van der Waals surface area (Å²) >= 11 is 6.12. The minimum Gasteiger partial charge on any atom is -0.454 e. The number of aromatic nitrogens is 4. The Kier molecular flexibility index (Phi) is 6.80. The van der Waals surface area contributed by atoms with Gasteiger partial charge in [-0.05, 0) is 42.5 Å². The van der Waals surface area contributed by atoms with Crippen LogP contribution in [-0.2, 0) is 4.74 Å². The van der Waals surface area contributed by atoms with Gasteiger partial charge in [0.1, 0.15) is 5.82 Å². The van der Waals surface area contributed by atoms with Gasteiger partial charge in [0.05, 0.1) is 30.0 Å². The average molecular weight is 563 g/mol. The first-order valence-corrected chi connectivity index (χ1v) is 14.0. The number of ether oxygens (including phenoxy) is 3. The molecule has 0 atom stereocenters. The highest BCUT2D eigenvalue weighted by Crippen LogP contribution is 2.39. The Morgan fingerprint density at radius 2 is 1.55 bits per heavy atom. The maximum atomic E-state index is 6.70. The van der Waals surface area contributed by atoms with Crippen molar-refractivity contribution in [2.24, 2.45) is 0 Å². The number of piperazine rings is 1. The highest BCUT2D eigenvalue weighted by Gasteiger charge is 2.25. The van der Waals surface area contributed by atoms with E-state index in [1.807, 2.05) is 42.5 Å². The van der Waals surface area contributed by atoms with E-state index >= 15 is 0 Å². The number of hydrogen-bond donors (Lipinski definition) is 1. The summed E-state index contributed by atoms with van der Waals surface area (Å²) in [4.78, 5) is 17.2. The molecular formula is C28H31ClN8O3. The van der Waals surface area contributed by atoms with Crippen LogP contribution in [0.15, 0.2) is 42.5 Å². The number of halogens is 1. The minimum atomic E-state index is 0.204. The number of anilines is 2. The highest BCUT2D eigenvalue weighted by molar-refractivity contribution is 6.30. The van der Waals surface area contributed by atoms with E-state index in [9.17, 15) is 0 Å². The molecule has 4 aromatic rings. The van der Waals surface area contributed by atoms with Crippen LogP contribution in [0, 0.1) is 0 Å². The average Bonchev–Trinajstić information content (AvgIpc) is 3.61. The molecule has 2 N–H and O–H groups in total. The predicted octanol–water partition coefficient (Wildman–Crippen LogP) is 2.90. The zero-order chi connectivity index (χ0) is 27.1. The van der Waals surface area contributed by atoms with E-state index in [-0.39, 0.29) is 6.79 Å². The van der Waals surface area contributed by atoms with Crippen molar-refractivity contribution in [3.05, 3.63) is 47.5 Å². The summed E-state index contributed by atoms with van der Waals surface area (Å²) in [6.45, 7) is 9.60. The Bertz CT molecular complexity index is 1510. The van der Waals surface area contributed by atoms with Gasteiger partial charge >= 0.3 is 0 Å². The molecule has 40 heavy (non-hydrogen) atoms. The van der Waals surface area contributed by atoms with Crippen LogP contribution in [0.25, 0.3) is 28.0 Å². The summed E-state index contributed by atoms with van der Waals surface area (Å²) in [6, 6.07) is 13.2. The summed E-state index contributed by atoms with van der Waals surface area (Å²) in [5.41, 5.74) is 9.62. The van der Waals surface area contributed by atoms with Gasteiger partial charge in [-0.3, -0.25) is 9.80 Å². The second-order valence-corrected chi connectivity index (χ2v) is 10.6. The van der Waals surface area contributed by atoms with E-state index in [0.29, 0.717) is 45.0 Å². The molecule has 3 aliphatic heterocycles. The molecule has 0 amide bonds. The summed E-state index contributed by atoms with van der Waals surface area (Å²) in [5, 5.41) is 6.15. The second kappa shape index (κ2) is 10.7. The molecule has 2 aromatic heterocycles. The molecule has 3 aliphatic rings. The van der Waals surface area contributed by atoms with Crippen molar-refractivity contribution in [3.8, 4) is 28.4 Å². The van der Waals surface area contributed by atoms with Crippen LogP contribution in [-0.4, -0.2) is 102 Å². The van der Waals surface area contributed by atoms with Gasteiger partial charge in [0.25, 0.3) is 0 Å². The summed E-state index contributed by atoms with van der Waals surface area (Å²) in [5.74, 6) is 2.51. The van der Waals surface area contributed by atoms with Crippen LogP contribution >= 0.6 is 11.6 Å². The second-order valence-electron chi connectivity index (χ2n) is 10.2. The van der Waals surface area contributed by atoms with Gasteiger partial charge in [0.15, 0.2) is 17.1 Å². The van der Waals surface area contributed by atoms with Crippen molar-refractivity contribution in [2.75, 3.05) is 83.0 Å². The number of nitrogens with two attached hydrogens (primary N) is 1. The van der Waals surface area contributed by atoms with Gasteiger partial charge in [-0.25, -0.2) is 9.67 Å². The minimum absolute atomic E-state index is 0.204. The smallest absolute Gasteiger partial charge is 0.231 e. The summed E-state index contributed by atoms with van der Waals surface area (Å²) < 4.78 is 18.4. The van der Waals surface area contributed by atoms with Gasteiger partial charge in [-0.2, -0.15) is 4.98 Å². The van der Waals surface area contributed by atoms with Crippen LogP contribution < -0.4 is 20.1 Å². The monoisotopic (exact) mass is 562 g/mol. The largest absolute Gasteiger partial charge is 0.454 e. The molecule has 0 spiro atoms. The Balaban J connectivity index is 1.20. The van der Waals surface area contributed by atoms with Gasteiger partial charge in [-0.15, -0.1) is 5.10 Å². The molecule has 12 heteroatoms. The van der Waals surface area contributed by atoms with E-state index in [0.717, 1.165) is 76.8 Å². The summed E-state index contributed by atoms with van der Waals surface area (Å²) in [6.07, 6.45) is 0. The Morgan fingerprint density at radius 1 is 0.825 bits per heavy atom. The Hall–Kier alpha value is -3.64. The number of hydrogen-bond acceptors (Lipinski definition) is 10. The molecule has 0 unspecified atom stereocenters. The number of morpholine rings is 1. The van der Waals surface area contributed by atoms with E-state index in [1.54, 1.807) is 4.68 Å². The van der Waals surface area contributed by atoms with Gasteiger partial charge in [0, 0.05) is 62.9 Å². The number of rotatable bonds is 6. The molecule has 0 saturated carbocycles. The lowest BCUT2D eigenvalue weighted by Crippen LogP contribution is -2.49. The maximum absolute atomic E-state index is 6.70. The first-order chi connectivity index (χ1) is 19.6. The summed E-state index contributed by atoms with van der Waals surface area (Å²) in [7, 11) is 0. The van der Waals surface area contributed by atoms with Crippen molar-refractivity contribution < 1.29 is 14.2 Å². The molecule has 0 aliphatic carbocycles. The molecule has 208 valence electrons. The third kappa shape index (κ3) is 4.90. The van der Waals surface area contributed by atoms with Gasteiger partial charge in [-0.1, -0.05) is 11.6 Å². The van der Waals surface area contributed by atoms with Crippen LogP contribution in [0.2, 0.25) is 5.02 Å². The van der Waals surface area contributed by atoms with Gasteiger partial charge < -0.3 is 24.8 Å². The van der Waals surface area contributed by atoms with Crippen molar-refractivity contribution in [1.29, 1.82) is 0 Å². The topological polar surface area (TPSA) is 107 Å². The Labute approximate surface area is 237 Å². The fourth-order valence-corrected chi connectivity index (χ4v) is 5.58. The van der Waals surface area contributed by atoms with E-state index in [1.165, 1.54) is 0 Å². The van der Waals surface area contributed by atoms with E-state index in [2.05, 4.69) is 14.7 Å². The predicted molar refractivity (Wildman–Crippen MR) is 154 cm³/mol. The lowest BCUT2D eigenvalue weighted by molar-refractivity contribution is 0.0331. The van der Waals surface area contributed by atoms with Crippen molar-refractivity contribution in [3.63, 3.8) is 0 Å². The number of benzene rings is 2. The van der Waals surface area contributed by atoms with E-state index < -0.39 is 0 Å². The molecular weight excluding hydrogens is 532 g/mol. The first-order valence-electron chi connectivity index (χ1n) is 13.6. The fraction of sp³-hybridized carbons (Fsp3) is 0.393. The lowest BCUT2D eigenvalue weighted by atomic mass is 10.1. The zero-order valence-electron chi connectivity index (χ0n) is 22.1. The molecule has 11 nitrogen and oxygen atoms in total. The van der Waals surface area contributed by atoms with Crippen LogP contribution in [0.4, 0.5) is 11.8 Å². The maximum Gasteiger partial charge on any atom is 0.231 e. The lowest BCUT2D eigenvalue weighted by Gasteiger charge is -2.36.